The van der Waals surface area contributed by atoms with Crippen LogP contribution in [0.5, 0.6) is 0 Å². The van der Waals surface area contributed by atoms with Crippen LogP contribution < -0.4 is 0 Å². The molecule has 7 nitrogen and oxygen atoms in total. The van der Waals surface area contributed by atoms with Crippen molar-refractivity contribution < 1.29 is 17.5 Å². The third-order valence-electron chi connectivity index (χ3n) is 9.54. The van der Waals surface area contributed by atoms with Gasteiger partial charge in [-0.1, -0.05) is 19.4 Å². The summed E-state index contributed by atoms with van der Waals surface area (Å²) in [4.78, 5) is 7.34. The van der Waals surface area contributed by atoms with Gasteiger partial charge in [0.2, 0.25) is 0 Å². The fourth-order valence-corrected chi connectivity index (χ4v) is 9.26. The van der Waals surface area contributed by atoms with Crippen LogP contribution in [0.2, 0.25) is 0 Å². The normalized spacial score (nSPS) is 34.7. The van der Waals surface area contributed by atoms with Gasteiger partial charge in [-0.05, 0) is 58.4 Å². The highest BCUT2D eigenvalue weighted by Gasteiger charge is 2.51. The van der Waals surface area contributed by atoms with Gasteiger partial charge in [0.05, 0.1) is 52.4 Å². The first-order valence-corrected chi connectivity index (χ1v) is 19.2. The Balaban J connectivity index is 1.64. The molecule has 42 heavy (non-hydrogen) atoms. The maximum atomic E-state index is 11.3. The number of allylic oxidation sites excluding steroid dienone is 2. The highest BCUT2D eigenvalue weighted by molar-refractivity contribution is 7.85. The fraction of sp³-hybridized carbons (Fsp3) is 0.833. The van der Waals surface area contributed by atoms with Gasteiger partial charge in [-0.15, -0.1) is 46.4 Å². The number of halogens is 4. The SMILES string of the molecule is CCCCC[N+]1=C(C=CC=C2N(CC)C3CC(Cl)C(Cl)CC3N2CCCCS(=O)(=O)O)N(CC)C2CC(Cl)C(Cl)CC21. The number of hydrogen-bond acceptors (Lipinski definition) is 5. The predicted octanol–water partition coefficient (Wildman–Crippen LogP) is 6.12. The third kappa shape index (κ3) is 7.88. The highest BCUT2D eigenvalue weighted by atomic mass is 35.5. The lowest BCUT2D eigenvalue weighted by molar-refractivity contribution is -0.562. The lowest BCUT2D eigenvalue weighted by Gasteiger charge is -2.37. The van der Waals surface area contributed by atoms with Gasteiger partial charge >= 0.3 is 0 Å². The van der Waals surface area contributed by atoms with Gasteiger partial charge in [-0.3, -0.25) is 14.0 Å². The van der Waals surface area contributed by atoms with Gasteiger partial charge < -0.3 is 9.80 Å². The Morgan fingerprint density at radius 2 is 1.40 bits per heavy atom. The maximum absolute atomic E-state index is 11.3. The second kappa shape index (κ2) is 15.3. The van der Waals surface area contributed by atoms with Crippen molar-refractivity contribution in [2.45, 2.75) is 124 Å². The first-order chi connectivity index (χ1) is 20.0. The summed E-state index contributed by atoms with van der Waals surface area (Å²) in [6.45, 7) is 10.1. The number of nitrogens with zero attached hydrogens (tertiary/aromatic N) is 4. The summed E-state index contributed by atoms with van der Waals surface area (Å²) in [5.41, 5.74) is 0. The number of amidine groups is 1. The minimum atomic E-state index is -3.97. The number of likely N-dealkylation sites (N-methyl/N-ethyl adjacent to an activating group) is 2. The standard InChI is InChI=1S/C30H48Cl4N4O3S/c1-4-7-8-14-37-27-19-23(33)21(31)17-25(27)35(5-2)29(37)12-11-13-30-36(6-3)26-18-22(32)24(34)20-28(26)38(30)15-9-10-16-42(39,40)41/h11-13,21-28H,4-10,14-20H2,1-3H3/p+1. The van der Waals surface area contributed by atoms with Gasteiger partial charge in [-0.2, -0.15) is 8.42 Å². The summed E-state index contributed by atoms with van der Waals surface area (Å²) in [6, 6.07) is 1.21. The van der Waals surface area contributed by atoms with E-state index in [1.165, 1.54) is 18.7 Å². The van der Waals surface area contributed by atoms with E-state index in [2.05, 4.69) is 58.3 Å². The minimum Gasteiger partial charge on any atom is -0.353 e. The van der Waals surface area contributed by atoms with E-state index < -0.39 is 10.1 Å². The van der Waals surface area contributed by atoms with Crippen LogP contribution >= 0.6 is 46.4 Å². The lowest BCUT2D eigenvalue weighted by atomic mass is 9.89. The van der Waals surface area contributed by atoms with E-state index in [4.69, 9.17) is 46.4 Å². The van der Waals surface area contributed by atoms with Gasteiger partial charge in [-0.25, -0.2) is 0 Å². The Morgan fingerprint density at radius 1 is 0.810 bits per heavy atom. The zero-order chi connectivity index (χ0) is 30.6. The molecule has 0 bridgehead atoms. The molecular weight excluding hydrogens is 638 g/mol. The molecule has 240 valence electrons. The number of rotatable bonds is 13. The zero-order valence-corrected chi connectivity index (χ0v) is 29.1. The maximum Gasteiger partial charge on any atom is 0.272 e. The molecule has 0 aromatic rings. The Hall–Kier alpha value is -0.380. The molecule has 8 atom stereocenters. The monoisotopic (exact) mass is 685 g/mol. The number of unbranched alkanes of at least 4 members (excludes halogenated alkanes) is 3. The second-order valence-electron chi connectivity index (χ2n) is 12.2. The van der Waals surface area contributed by atoms with Crippen LogP contribution in [0.1, 0.15) is 78.6 Å². The smallest absolute Gasteiger partial charge is 0.272 e. The van der Waals surface area contributed by atoms with Crippen LogP contribution in [-0.4, -0.2) is 116 Å². The van der Waals surface area contributed by atoms with Crippen molar-refractivity contribution in [1.82, 2.24) is 14.7 Å². The van der Waals surface area contributed by atoms with Gasteiger partial charge in [0, 0.05) is 32.0 Å². The molecule has 2 aliphatic heterocycles. The van der Waals surface area contributed by atoms with Gasteiger partial charge in [0.15, 0.2) is 0 Å². The Bertz CT molecular complexity index is 1120. The Kier molecular flexibility index (Phi) is 12.5. The second-order valence-corrected chi connectivity index (χ2v) is 16.0. The molecule has 4 rings (SSSR count). The Morgan fingerprint density at radius 3 is 2.00 bits per heavy atom. The van der Waals surface area contributed by atoms with E-state index in [0.29, 0.717) is 31.5 Å². The zero-order valence-electron chi connectivity index (χ0n) is 25.2. The molecule has 1 saturated heterocycles. The van der Waals surface area contributed by atoms with Crippen LogP contribution in [0.15, 0.2) is 24.0 Å². The summed E-state index contributed by atoms with van der Waals surface area (Å²) < 4.78 is 34.4. The highest BCUT2D eigenvalue weighted by Crippen LogP contribution is 2.42. The average Bonchev–Trinajstić information content (AvgIpc) is 3.37. The molecule has 0 aromatic carbocycles. The summed E-state index contributed by atoms with van der Waals surface area (Å²) in [5, 5.41) is -0.222. The molecular formula is C30H49Cl4N4O3S+. The van der Waals surface area contributed by atoms with Crippen molar-refractivity contribution in [3.63, 3.8) is 0 Å². The van der Waals surface area contributed by atoms with Crippen molar-refractivity contribution in [3.05, 3.63) is 24.0 Å². The molecule has 12 heteroatoms. The first-order valence-electron chi connectivity index (χ1n) is 15.8. The lowest BCUT2D eigenvalue weighted by Crippen LogP contribution is -2.48. The van der Waals surface area contributed by atoms with Crippen molar-refractivity contribution in [2.24, 2.45) is 0 Å². The Labute approximate surface area is 273 Å². The van der Waals surface area contributed by atoms with Crippen LogP contribution in [0.3, 0.4) is 0 Å². The predicted molar refractivity (Wildman–Crippen MR) is 176 cm³/mol. The van der Waals surface area contributed by atoms with Gasteiger partial charge in [0.1, 0.15) is 17.9 Å². The molecule has 3 fully saturated rings. The van der Waals surface area contributed by atoms with Crippen LogP contribution in [-0.2, 0) is 10.1 Å². The van der Waals surface area contributed by atoms with Crippen molar-refractivity contribution >= 4 is 62.4 Å². The van der Waals surface area contributed by atoms with Gasteiger partial charge in [0.25, 0.3) is 16.0 Å². The van der Waals surface area contributed by atoms with Crippen LogP contribution in [0.4, 0.5) is 0 Å². The van der Waals surface area contributed by atoms with Crippen molar-refractivity contribution in [2.75, 3.05) is 31.9 Å². The molecule has 0 radical (unpaired) electrons. The number of fused-ring (bicyclic) bond motifs is 2. The van der Waals surface area contributed by atoms with Crippen LogP contribution in [0.25, 0.3) is 0 Å². The van der Waals surface area contributed by atoms with E-state index in [1.807, 2.05) is 0 Å². The summed E-state index contributed by atoms with van der Waals surface area (Å²) in [7, 11) is -3.97. The summed E-state index contributed by atoms with van der Waals surface area (Å²) >= 11 is 26.7. The summed E-state index contributed by atoms with van der Waals surface area (Å²) in [6.07, 6.45) is 14.6. The molecule has 2 saturated carbocycles. The van der Waals surface area contributed by atoms with Crippen LogP contribution in [0, 0.1) is 0 Å². The van der Waals surface area contributed by atoms with Crippen molar-refractivity contribution in [1.29, 1.82) is 0 Å². The van der Waals surface area contributed by atoms with E-state index in [-0.39, 0.29) is 39.3 Å². The first kappa shape index (κ1) is 34.5. The number of alkyl halides is 4. The van der Waals surface area contributed by atoms with Crippen molar-refractivity contribution in [3.8, 4) is 0 Å². The molecule has 8 unspecified atom stereocenters. The molecule has 2 aliphatic carbocycles. The molecule has 1 N–H and O–H groups in total. The largest absolute Gasteiger partial charge is 0.353 e. The minimum absolute atomic E-state index is 0.0170. The topological polar surface area (TPSA) is 67.1 Å². The number of hydrogen-bond donors (Lipinski definition) is 1. The molecule has 0 aromatic heterocycles. The molecule has 0 amide bonds. The van der Waals surface area contributed by atoms with E-state index in [0.717, 1.165) is 57.6 Å². The fourth-order valence-electron chi connectivity index (χ4n) is 7.55. The molecule has 0 spiro atoms. The molecule has 2 heterocycles. The molecule has 4 aliphatic rings. The quantitative estimate of drug-likeness (QED) is 0.109. The van der Waals surface area contributed by atoms with E-state index >= 15 is 0 Å². The average molecular weight is 688 g/mol. The third-order valence-corrected chi connectivity index (χ3v) is 12.5. The van der Waals surface area contributed by atoms with E-state index in [1.54, 1.807) is 0 Å². The summed E-state index contributed by atoms with van der Waals surface area (Å²) in [5.74, 6) is 2.15. The van der Waals surface area contributed by atoms with E-state index in [9.17, 15) is 13.0 Å².